The van der Waals surface area contributed by atoms with Gasteiger partial charge in [0.05, 0.1) is 0 Å². The van der Waals surface area contributed by atoms with Crippen LogP contribution in [-0.4, -0.2) is 19.1 Å². The number of hydrogen-bond acceptors (Lipinski definition) is 3. The second-order valence-electron chi connectivity index (χ2n) is 3.63. The molecule has 1 aromatic heterocycles. The molecule has 1 aliphatic rings. The average Bonchev–Trinajstić information content (AvgIpc) is 2.76. The van der Waals surface area contributed by atoms with Gasteiger partial charge in [-0.25, -0.2) is 0 Å². The summed E-state index contributed by atoms with van der Waals surface area (Å²) in [5.41, 5.74) is 5.72. The molecule has 0 spiro atoms. The van der Waals surface area contributed by atoms with Gasteiger partial charge in [0.25, 0.3) is 0 Å². The summed E-state index contributed by atoms with van der Waals surface area (Å²) >= 11 is 1.84. The molecule has 2 unspecified atom stereocenters. The van der Waals surface area contributed by atoms with E-state index in [1.165, 1.54) is 11.3 Å². The van der Waals surface area contributed by atoms with Gasteiger partial charge < -0.3 is 11.1 Å². The fraction of sp³-hybridized carbons (Fsp3) is 0.600. The molecular weight excluding hydrogens is 180 g/mol. The fourth-order valence-electron chi connectivity index (χ4n) is 1.99. The minimum Gasteiger partial charge on any atom is -0.330 e. The Balaban J connectivity index is 1.94. The largest absolute Gasteiger partial charge is 0.330 e. The summed E-state index contributed by atoms with van der Waals surface area (Å²) in [6, 6.07) is 4.94. The Hall–Kier alpha value is -0.380. The van der Waals surface area contributed by atoms with Crippen LogP contribution in [0.15, 0.2) is 17.5 Å². The molecule has 13 heavy (non-hydrogen) atoms. The minimum atomic E-state index is 0.614. The van der Waals surface area contributed by atoms with Gasteiger partial charge in [-0.2, -0.15) is 0 Å². The molecule has 1 saturated heterocycles. The topological polar surface area (TPSA) is 38.0 Å². The summed E-state index contributed by atoms with van der Waals surface area (Å²) in [4.78, 5) is 1.47. The van der Waals surface area contributed by atoms with Crippen molar-refractivity contribution in [1.29, 1.82) is 0 Å². The number of hydrogen-bond donors (Lipinski definition) is 2. The number of nitrogens with one attached hydrogen (secondary N) is 1. The van der Waals surface area contributed by atoms with Crippen molar-refractivity contribution >= 4 is 11.3 Å². The Morgan fingerprint density at radius 3 is 3.23 bits per heavy atom. The maximum absolute atomic E-state index is 5.72. The monoisotopic (exact) mass is 196 g/mol. The normalized spacial score (nSPS) is 28.1. The van der Waals surface area contributed by atoms with E-state index in [9.17, 15) is 0 Å². The number of thiophene rings is 1. The number of rotatable bonds is 3. The molecule has 2 rings (SSSR count). The second kappa shape index (κ2) is 4.22. The van der Waals surface area contributed by atoms with E-state index in [1.807, 2.05) is 11.3 Å². The predicted octanol–water partition coefficient (Wildman–Crippen LogP) is 1.23. The molecular formula is C10H16N2S. The van der Waals surface area contributed by atoms with Crippen molar-refractivity contribution in [2.24, 2.45) is 11.7 Å². The smallest absolute Gasteiger partial charge is 0.0156 e. The zero-order valence-corrected chi connectivity index (χ0v) is 8.52. The zero-order chi connectivity index (χ0) is 9.10. The van der Waals surface area contributed by atoms with Crippen LogP contribution in [0.1, 0.15) is 11.3 Å². The maximum Gasteiger partial charge on any atom is 0.0156 e. The first-order valence-electron chi connectivity index (χ1n) is 4.86. The summed E-state index contributed by atoms with van der Waals surface area (Å²) in [5.74, 6) is 0.682. The van der Waals surface area contributed by atoms with Crippen molar-refractivity contribution in [2.45, 2.75) is 18.9 Å². The molecule has 2 heterocycles. The summed E-state index contributed by atoms with van der Waals surface area (Å²) in [7, 11) is 0. The van der Waals surface area contributed by atoms with Crippen molar-refractivity contribution in [3.05, 3.63) is 22.4 Å². The molecule has 0 aliphatic carbocycles. The lowest BCUT2D eigenvalue weighted by Crippen LogP contribution is -2.32. The maximum atomic E-state index is 5.72. The molecule has 1 aliphatic heterocycles. The van der Waals surface area contributed by atoms with Gasteiger partial charge >= 0.3 is 0 Å². The molecule has 1 aromatic rings. The van der Waals surface area contributed by atoms with Crippen LogP contribution in [0.3, 0.4) is 0 Å². The van der Waals surface area contributed by atoms with Gasteiger partial charge in [-0.05, 0) is 43.3 Å². The molecule has 0 bridgehead atoms. The zero-order valence-electron chi connectivity index (χ0n) is 7.70. The van der Waals surface area contributed by atoms with E-state index in [-0.39, 0.29) is 0 Å². The standard InChI is InChI=1S/C10H16N2S/c11-7-8-3-4-12-10(8)6-9-2-1-5-13-9/h1-2,5,8,10,12H,3-4,6-7,11H2. The summed E-state index contributed by atoms with van der Waals surface area (Å²) in [6.45, 7) is 1.96. The molecule has 72 valence electrons. The fourth-order valence-corrected chi connectivity index (χ4v) is 2.75. The Labute approximate surface area is 83.1 Å². The first kappa shape index (κ1) is 9.19. The highest BCUT2D eigenvalue weighted by molar-refractivity contribution is 7.09. The van der Waals surface area contributed by atoms with Crippen molar-refractivity contribution in [2.75, 3.05) is 13.1 Å². The number of nitrogens with two attached hydrogens (primary N) is 1. The van der Waals surface area contributed by atoms with Gasteiger partial charge in [0.15, 0.2) is 0 Å². The van der Waals surface area contributed by atoms with Crippen LogP contribution >= 0.6 is 11.3 Å². The third kappa shape index (κ3) is 2.10. The van der Waals surface area contributed by atoms with E-state index in [0.29, 0.717) is 12.0 Å². The molecule has 3 heteroatoms. The molecule has 1 fully saturated rings. The van der Waals surface area contributed by atoms with Crippen LogP contribution in [-0.2, 0) is 6.42 Å². The molecule has 0 saturated carbocycles. The van der Waals surface area contributed by atoms with Crippen molar-refractivity contribution in [3.63, 3.8) is 0 Å². The van der Waals surface area contributed by atoms with Crippen LogP contribution in [0, 0.1) is 5.92 Å². The first-order valence-corrected chi connectivity index (χ1v) is 5.74. The predicted molar refractivity (Wildman–Crippen MR) is 57.0 cm³/mol. The van der Waals surface area contributed by atoms with Gasteiger partial charge in [-0.1, -0.05) is 6.07 Å². The van der Waals surface area contributed by atoms with Gasteiger partial charge in [0, 0.05) is 10.9 Å². The molecule has 0 radical (unpaired) electrons. The lowest BCUT2D eigenvalue weighted by Gasteiger charge is -2.16. The van der Waals surface area contributed by atoms with E-state index in [1.54, 1.807) is 0 Å². The van der Waals surface area contributed by atoms with Crippen LogP contribution in [0.4, 0.5) is 0 Å². The first-order chi connectivity index (χ1) is 6.40. The highest BCUT2D eigenvalue weighted by Crippen LogP contribution is 2.20. The van der Waals surface area contributed by atoms with Crippen molar-refractivity contribution < 1.29 is 0 Å². The summed E-state index contributed by atoms with van der Waals surface area (Å²) < 4.78 is 0. The highest BCUT2D eigenvalue weighted by atomic mass is 32.1. The van der Waals surface area contributed by atoms with Gasteiger partial charge in [0.2, 0.25) is 0 Å². The van der Waals surface area contributed by atoms with E-state index in [4.69, 9.17) is 5.73 Å². The van der Waals surface area contributed by atoms with Crippen LogP contribution in [0.25, 0.3) is 0 Å². The Bertz CT molecular complexity index is 245. The lowest BCUT2D eigenvalue weighted by molar-refractivity contribution is 0.456. The van der Waals surface area contributed by atoms with Crippen LogP contribution in [0.5, 0.6) is 0 Å². The molecule has 3 N–H and O–H groups in total. The van der Waals surface area contributed by atoms with Crippen LogP contribution < -0.4 is 11.1 Å². The van der Waals surface area contributed by atoms with E-state index < -0.39 is 0 Å². The average molecular weight is 196 g/mol. The van der Waals surface area contributed by atoms with E-state index in [2.05, 4.69) is 22.8 Å². The summed E-state index contributed by atoms with van der Waals surface area (Å²) in [5, 5.41) is 5.66. The quantitative estimate of drug-likeness (QED) is 0.763. The van der Waals surface area contributed by atoms with E-state index >= 15 is 0 Å². The van der Waals surface area contributed by atoms with Crippen molar-refractivity contribution in [1.82, 2.24) is 5.32 Å². The molecule has 2 atom stereocenters. The Morgan fingerprint density at radius 1 is 1.62 bits per heavy atom. The molecule has 0 amide bonds. The molecule has 2 nitrogen and oxygen atoms in total. The SMILES string of the molecule is NCC1CCNC1Cc1cccs1. The Kier molecular flexibility index (Phi) is 2.98. The Morgan fingerprint density at radius 2 is 2.54 bits per heavy atom. The highest BCUT2D eigenvalue weighted by Gasteiger charge is 2.25. The molecule has 0 aromatic carbocycles. The second-order valence-corrected chi connectivity index (χ2v) is 4.66. The van der Waals surface area contributed by atoms with Crippen molar-refractivity contribution in [3.8, 4) is 0 Å². The summed E-state index contributed by atoms with van der Waals surface area (Å²) in [6.07, 6.45) is 2.39. The van der Waals surface area contributed by atoms with Gasteiger partial charge in [-0.15, -0.1) is 11.3 Å². The third-order valence-electron chi connectivity index (χ3n) is 2.79. The van der Waals surface area contributed by atoms with Gasteiger partial charge in [0.1, 0.15) is 0 Å². The van der Waals surface area contributed by atoms with Gasteiger partial charge in [-0.3, -0.25) is 0 Å². The minimum absolute atomic E-state index is 0.614. The lowest BCUT2D eigenvalue weighted by atomic mass is 9.98. The third-order valence-corrected chi connectivity index (χ3v) is 3.69. The van der Waals surface area contributed by atoms with Crippen LogP contribution in [0.2, 0.25) is 0 Å². The van der Waals surface area contributed by atoms with E-state index in [0.717, 1.165) is 19.5 Å².